The fourth-order valence-corrected chi connectivity index (χ4v) is 0. The summed E-state index contributed by atoms with van der Waals surface area (Å²) >= 11 is -24.7. The van der Waals surface area contributed by atoms with Crippen molar-refractivity contribution in [3.8, 4) is 0 Å². The molecule has 0 aromatic carbocycles. The Morgan fingerprint density at radius 2 is 0.364 bits per heavy atom. The van der Waals surface area contributed by atoms with Gasteiger partial charge in [0.15, 0.2) is 0 Å². The van der Waals surface area contributed by atoms with Gasteiger partial charge in [-0.25, -0.2) is 0 Å². The third-order valence-electron chi connectivity index (χ3n) is 0. The van der Waals surface area contributed by atoms with E-state index in [1.807, 2.05) is 0 Å². The molecule has 0 amide bonds. The number of hydrogen-bond acceptors (Lipinski definition) is 16. The first-order valence-electron chi connectivity index (χ1n) is 2.67. The molecule has 0 bridgehead atoms. The van der Waals surface area contributed by atoms with Crippen LogP contribution in [0.5, 0.6) is 0 Å². The quantitative estimate of drug-likeness (QED) is 0.203. The SMILES string of the molecule is [Mn+2].[Mo+6].[O]=[W](=[O])([O-])[O-].[O]=[W](=[O])([O-])[O-].[O]=[W](=[O])([O-])[O-].[O]=[W](=[O])([O-])[O-]. The molecule has 0 fully saturated rings. The first-order valence-corrected chi connectivity index (χ1v) is 21.8. The summed E-state index contributed by atoms with van der Waals surface area (Å²) in [5.74, 6) is 0. The monoisotopic (exact) mass is 1140 g/mol. The molecule has 22 heavy (non-hydrogen) atoms. The van der Waals surface area contributed by atoms with Crippen molar-refractivity contribution in [2.45, 2.75) is 0 Å². The van der Waals surface area contributed by atoms with Crippen LogP contribution in [0.3, 0.4) is 0 Å². The molecule has 0 heterocycles. The molecule has 0 saturated heterocycles. The predicted molar refractivity (Wildman–Crippen MR) is 5.49 cm³/mol. The van der Waals surface area contributed by atoms with Crippen molar-refractivity contribution in [3.05, 3.63) is 0 Å². The van der Waals surface area contributed by atoms with E-state index in [2.05, 4.69) is 0 Å². The summed E-state index contributed by atoms with van der Waals surface area (Å²) in [5, 5.41) is 0. The molecule has 0 aromatic rings. The van der Waals surface area contributed by atoms with Crippen LogP contribution in [0.15, 0.2) is 0 Å². The Hall–Kier alpha value is 2.04. The Labute approximate surface area is 160 Å². The molecule has 0 N–H and O–H groups in total. The average molecular weight is 1140 g/mol. The van der Waals surface area contributed by atoms with E-state index >= 15 is 0 Å². The van der Waals surface area contributed by atoms with E-state index in [0.717, 1.165) is 0 Å². The molecular formula is MnMoO16W4. The fourth-order valence-electron chi connectivity index (χ4n) is 0. The molecule has 0 atom stereocenters. The van der Waals surface area contributed by atoms with Crippen LogP contribution in [0, 0.1) is 0 Å². The Morgan fingerprint density at radius 1 is 0.364 bits per heavy atom. The average Bonchev–Trinajstić information content (AvgIpc) is 1.62. The summed E-state index contributed by atoms with van der Waals surface area (Å²) < 4.78 is 138. The van der Waals surface area contributed by atoms with E-state index in [4.69, 9.17) is 57.3 Å². The first kappa shape index (κ1) is 39.2. The third kappa shape index (κ3) is 2340. The molecule has 133 valence electrons. The molecule has 0 aliphatic heterocycles. The second-order valence-corrected chi connectivity index (χ2v) is 13.4. The summed E-state index contributed by atoms with van der Waals surface area (Å²) in [7, 11) is 0. The van der Waals surface area contributed by atoms with Crippen molar-refractivity contribution >= 4 is 0 Å². The van der Waals surface area contributed by atoms with E-state index in [1.165, 1.54) is 0 Å². The van der Waals surface area contributed by atoms with Crippen LogP contribution in [-0.2, 0) is 132 Å². The Kier molecular flexibility index (Phi) is 29.4. The third-order valence-corrected chi connectivity index (χ3v) is 0. The summed E-state index contributed by atoms with van der Waals surface area (Å²) in [6.45, 7) is 0. The second kappa shape index (κ2) is 16.5. The van der Waals surface area contributed by atoms with Crippen molar-refractivity contribution in [1.29, 1.82) is 0 Å². The van der Waals surface area contributed by atoms with Gasteiger partial charge in [-0.2, -0.15) is 0 Å². The fraction of sp³-hybridized carbons (Fsp3) is 0. The Bertz CT molecular complexity index is 479. The molecule has 0 aromatic heterocycles. The zero-order valence-electron chi connectivity index (χ0n) is 8.95. The molecule has 0 aliphatic carbocycles. The van der Waals surface area contributed by atoms with E-state index in [-0.39, 0.29) is 38.1 Å². The number of hydrogen-bond donors (Lipinski definition) is 0. The van der Waals surface area contributed by atoms with Crippen molar-refractivity contribution < 1.29 is 162 Å². The van der Waals surface area contributed by atoms with Gasteiger partial charge in [0.25, 0.3) is 0 Å². The molecule has 0 unspecified atom stereocenters. The number of rotatable bonds is 0. The van der Waals surface area contributed by atoms with Crippen LogP contribution < -0.4 is 30.1 Å². The van der Waals surface area contributed by atoms with Crippen LogP contribution in [0.1, 0.15) is 0 Å². The first-order chi connectivity index (χ1) is 8.00. The second-order valence-electron chi connectivity index (χ2n) is 1.63. The normalized spacial score (nSPS) is 10.5. The minimum atomic E-state index is -6.17. The van der Waals surface area contributed by atoms with E-state index in [1.54, 1.807) is 0 Å². The summed E-state index contributed by atoms with van der Waals surface area (Å²) in [6.07, 6.45) is 0. The van der Waals surface area contributed by atoms with Crippen LogP contribution in [0.25, 0.3) is 0 Å². The van der Waals surface area contributed by atoms with Crippen molar-refractivity contribution in [2.24, 2.45) is 0 Å². The van der Waals surface area contributed by atoms with Crippen LogP contribution in [0.2, 0.25) is 0 Å². The van der Waals surface area contributed by atoms with E-state index in [9.17, 15) is 0 Å². The molecule has 0 aliphatic rings. The van der Waals surface area contributed by atoms with Gasteiger partial charge >= 0.3 is 162 Å². The van der Waals surface area contributed by atoms with E-state index < -0.39 is 67.0 Å². The van der Waals surface area contributed by atoms with Gasteiger partial charge in [-0.1, -0.05) is 0 Å². The maximum absolute atomic E-state index is 8.65. The van der Waals surface area contributed by atoms with Gasteiger partial charge in [0, 0.05) is 0 Å². The summed E-state index contributed by atoms with van der Waals surface area (Å²) in [5.41, 5.74) is 0. The van der Waals surface area contributed by atoms with Crippen LogP contribution in [-0.4, -0.2) is 0 Å². The molecule has 1 radical (unpaired) electrons. The van der Waals surface area contributed by atoms with Gasteiger partial charge in [0.05, 0.1) is 0 Å². The van der Waals surface area contributed by atoms with Crippen molar-refractivity contribution in [2.75, 3.05) is 0 Å². The predicted octanol–water partition coefficient (Wildman–Crippen LogP) is -10.5. The van der Waals surface area contributed by atoms with Crippen LogP contribution >= 0.6 is 0 Å². The van der Waals surface area contributed by atoms with Gasteiger partial charge in [0.2, 0.25) is 0 Å². The molecule has 22 heteroatoms. The van der Waals surface area contributed by atoms with Crippen molar-refractivity contribution in [1.82, 2.24) is 0 Å². The maximum atomic E-state index is 8.65. The molecule has 0 saturated carbocycles. The Balaban J connectivity index is -0.0000000376. The summed E-state index contributed by atoms with van der Waals surface area (Å²) in [6, 6.07) is 0. The van der Waals surface area contributed by atoms with Crippen LogP contribution in [0.4, 0.5) is 0 Å². The van der Waals surface area contributed by atoms with Gasteiger partial charge < -0.3 is 0 Å². The van der Waals surface area contributed by atoms with Gasteiger partial charge in [-0.05, 0) is 0 Å². The summed E-state index contributed by atoms with van der Waals surface area (Å²) in [4.78, 5) is 0. The topological polar surface area (TPSA) is 321 Å². The zero-order chi connectivity index (χ0) is 18.0. The minimum absolute atomic E-state index is 0. The van der Waals surface area contributed by atoms with Crippen molar-refractivity contribution in [3.63, 3.8) is 0 Å². The van der Waals surface area contributed by atoms with Gasteiger partial charge in [-0.15, -0.1) is 0 Å². The molecule has 0 rings (SSSR count). The molecule has 16 nitrogen and oxygen atoms in total. The Morgan fingerprint density at radius 3 is 0.364 bits per heavy atom. The van der Waals surface area contributed by atoms with Gasteiger partial charge in [-0.3, -0.25) is 0 Å². The van der Waals surface area contributed by atoms with E-state index in [0.29, 0.717) is 0 Å². The van der Waals surface area contributed by atoms with Gasteiger partial charge in [0.1, 0.15) is 0 Å². The molecule has 0 spiro atoms. The zero-order valence-corrected chi connectivity index (χ0v) is 23.9. The standard InChI is InChI=1S/Mn.Mo.16O.4W/q+2;+6;;;;;;;;;8*-1;;;;. The molecular weight excluding hydrogens is 1140 g/mol.